The third-order valence-electron chi connectivity index (χ3n) is 6.95. The maximum atomic E-state index is 13.7. The fourth-order valence-electron chi connectivity index (χ4n) is 5.36. The van der Waals surface area contributed by atoms with Crippen LogP contribution in [0.3, 0.4) is 0 Å². The van der Waals surface area contributed by atoms with Gasteiger partial charge >= 0.3 is 5.97 Å². The van der Waals surface area contributed by atoms with Gasteiger partial charge in [-0.3, -0.25) is 10.1 Å². The van der Waals surface area contributed by atoms with Gasteiger partial charge in [0.15, 0.2) is 11.5 Å². The van der Waals surface area contributed by atoms with Crippen LogP contribution in [0.4, 0.5) is 0 Å². The molecule has 2 N–H and O–H groups in total. The van der Waals surface area contributed by atoms with Crippen LogP contribution in [0.2, 0.25) is 0 Å². The van der Waals surface area contributed by atoms with Gasteiger partial charge in [0, 0.05) is 23.1 Å². The maximum absolute atomic E-state index is 13.7. The zero-order valence-electron chi connectivity index (χ0n) is 18.3. The monoisotopic (exact) mass is 447 g/mol. The lowest BCUT2D eigenvalue weighted by molar-refractivity contribution is -0.151. The number of hydrogen-bond acceptors (Lipinski definition) is 6. The van der Waals surface area contributed by atoms with Crippen LogP contribution in [0.5, 0.6) is 11.5 Å². The molecule has 3 aliphatic rings. The number of rotatable bonds is 3. The molecule has 8 nitrogen and oxygen atoms in total. The summed E-state index contributed by atoms with van der Waals surface area (Å²) in [6.45, 7) is 0.770. The van der Waals surface area contributed by atoms with E-state index >= 15 is 0 Å². The quantitative estimate of drug-likeness (QED) is 0.600. The van der Waals surface area contributed by atoms with Gasteiger partial charge in [-0.15, -0.1) is 0 Å². The van der Waals surface area contributed by atoms with Gasteiger partial charge in [-0.05, 0) is 48.6 Å². The number of ether oxygens (including phenoxy) is 3. The molecule has 3 atom stereocenters. The molecule has 3 aromatic rings. The Morgan fingerprint density at radius 1 is 1.12 bits per heavy atom. The summed E-state index contributed by atoms with van der Waals surface area (Å²) < 4.78 is 16.0. The lowest BCUT2D eigenvalue weighted by Gasteiger charge is -2.34. The average molecular weight is 447 g/mol. The van der Waals surface area contributed by atoms with Gasteiger partial charge in [-0.2, -0.15) is 0 Å². The van der Waals surface area contributed by atoms with Crippen molar-refractivity contribution in [2.24, 2.45) is 0 Å². The minimum absolute atomic E-state index is 0.0652. The number of carbonyl (C=O) groups is 2. The molecular weight excluding hydrogens is 422 g/mol. The first-order valence-corrected chi connectivity index (χ1v) is 11.3. The Kier molecular flexibility index (Phi) is 4.76. The fraction of sp³-hybridized carbons (Fsp3) is 0.360. The summed E-state index contributed by atoms with van der Waals surface area (Å²) in [6, 6.07) is 12.8. The number of para-hydroxylation sites is 1. The van der Waals surface area contributed by atoms with E-state index in [4.69, 9.17) is 14.2 Å². The highest BCUT2D eigenvalue weighted by Crippen LogP contribution is 2.40. The molecule has 0 spiro atoms. The van der Waals surface area contributed by atoms with Gasteiger partial charge in [0.05, 0.1) is 19.2 Å². The molecule has 0 bridgehead atoms. The van der Waals surface area contributed by atoms with Crippen molar-refractivity contribution in [3.63, 3.8) is 0 Å². The first kappa shape index (κ1) is 20.1. The number of benzene rings is 2. The second kappa shape index (κ2) is 7.81. The Morgan fingerprint density at radius 3 is 2.85 bits per heavy atom. The summed E-state index contributed by atoms with van der Waals surface area (Å²) in [6.07, 6.45) is 1.97. The molecule has 1 unspecified atom stereocenters. The van der Waals surface area contributed by atoms with Gasteiger partial charge in [-0.25, -0.2) is 4.79 Å². The van der Waals surface area contributed by atoms with E-state index in [2.05, 4.69) is 22.4 Å². The van der Waals surface area contributed by atoms with E-state index in [0.717, 1.165) is 39.9 Å². The molecule has 1 saturated heterocycles. The predicted octanol–water partition coefficient (Wildman–Crippen LogP) is 2.66. The Balaban J connectivity index is 1.40. The topological polar surface area (TPSA) is 92.9 Å². The van der Waals surface area contributed by atoms with Crippen molar-refractivity contribution in [3.8, 4) is 11.5 Å². The molecule has 8 heteroatoms. The van der Waals surface area contributed by atoms with E-state index in [0.29, 0.717) is 25.1 Å². The molecule has 3 aliphatic heterocycles. The fourth-order valence-corrected chi connectivity index (χ4v) is 5.36. The van der Waals surface area contributed by atoms with Crippen LogP contribution in [-0.2, 0) is 20.7 Å². The molecule has 2 aromatic carbocycles. The first-order valence-electron chi connectivity index (χ1n) is 11.3. The number of aromatic amines is 1. The third kappa shape index (κ3) is 3.24. The number of methoxy groups -OCH3 is 1. The Labute approximate surface area is 190 Å². The number of aromatic nitrogens is 1. The Morgan fingerprint density at radius 2 is 1.97 bits per heavy atom. The van der Waals surface area contributed by atoms with Crippen LogP contribution in [-0.4, -0.2) is 54.3 Å². The van der Waals surface area contributed by atoms with E-state index in [-0.39, 0.29) is 24.7 Å². The largest absolute Gasteiger partial charge is 0.467 e. The Bertz CT molecular complexity index is 1250. The average Bonchev–Trinajstić information content (AvgIpc) is 3.60. The first-order chi connectivity index (χ1) is 16.1. The van der Waals surface area contributed by atoms with Gasteiger partial charge in [0.1, 0.15) is 6.04 Å². The van der Waals surface area contributed by atoms with Crippen molar-refractivity contribution in [3.05, 3.63) is 59.3 Å². The van der Waals surface area contributed by atoms with Crippen molar-refractivity contribution >= 4 is 22.8 Å². The van der Waals surface area contributed by atoms with E-state index in [9.17, 15) is 9.59 Å². The summed E-state index contributed by atoms with van der Waals surface area (Å²) in [4.78, 5) is 31.2. The summed E-state index contributed by atoms with van der Waals surface area (Å²) >= 11 is 0. The van der Waals surface area contributed by atoms with Crippen LogP contribution in [0.25, 0.3) is 10.9 Å². The standard InChI is InChI=1S/C25H25N3O5/c1-31-25(30)19-7-4-10-28(19)24(29)18-12-16-15-5-2-3-6-17(15)26-23(16)22(27-18)14-8-9-20-21(11-14)33-13-32-20/h2-3,5-6,8-9,11,18-19,22,26-27H,4,7,10,12-13H2,1H3/t18-,19?,22-/m0/s1. The van der Waals surface area contributed by atoms with Crippen molar-refractivity contribution in [1.29, 1.82) is 0 Å². The van der Waals surface area contributed by atoms with Crippen molar-refractivity contribution in [1.82, 2.24) is 15.2 Å². The SMILES string of the molecule is COC(=O)C1CCCN1C(=O)[C@@H]1Cc2c([nH]c3ccccc23)[C@H](c2ccc3c(c2)OCO3)N1. The zero-order chi connectivity index (χ0) is 22.5. The summed E-state index contributed by atoms with van der Waals surface area (Å²) in [5, 5.41) is 4.68. The number of hydrogen-bond donors (Lipinski definition) is 2. The van der Waals surface area contributed by atoms with Crippen LogP contribution in [0, 0.1) is 0 Å². The second-order valence-corrected chi connectivity index (χ2v) is 8.74. The van der Waals surface area contributed by atoms with E-state index in [1.807, 2.05) is 30.3 Å². The van der Waals surface area contributed by atoms with Gasteiger partial charge in [-0.1, -0.05) is 24.3 Å². The van der Waals surface area contributed by atoms with Gasteiger partial charge < -0.3 is 24.1 Å². The molecule has 170 valence electrons. The number of amides is 1. The Hall–Kier alpha value is -3.52. The highest BCUT2D eigenvalue weighted by atomic mass is 16.7. The molecule has 1 fully saturated rings. The molecule has 1 aromatic heterocycles. The maximum Gasteiger partial charge on any atom is 0.328 e. The third-order valence-corrected chi connectivity index (χ3v) is 6.95. The zero-order valence-corrected chi connectivity index (χ0v) is 18.3. The van der Waals surface area contributed by atoms with E-state index < -0.39 is 12.1 Å². The highest BCUT2D eigenvalue weighted by molar-refractivity contribution is 5.91. The number of carbonyl (C=O) groups excluding carboxylic acids is 2. The van der Waals surface area contributed by atoms with Crippen LogP contribution in [0.1, 0.15) is 35.7 Å². The minimum Gasteiger partial charge on any atom is -0.467 e. The lowest BCUT2D eigenvalue weighted by atomic mass is 9.89. The normalized spacial score (nSPS) is 23.5. The van der Waals surface area contributed by atoms with Crippen LogP contribution < -0.4 is 14.8 Å². The summed E-state index contributed by atoms with van der Waals surface area (Å²) in [5.41, 5.74) is 4.19. The second-order valence-electron chi connectivity index (χ2n) is 8.74. The smallest absolute Gasteiger partial charge is 0.328 e. The van der Waals surface area contributed by atoms with Crippen molar-refractivity contribution in [2.45, 2.75) is 37.4 Å². The lowest BCUT2D eigenvalue weighted by Crippen LogP contribution is -2.53. The predicted molar refractivity (Wildman–Crippen MR) is 120 cm³/mol. The van der Waals surface area contributed by atoms with Gasteiger partial charge in [0.25, 0.3) is 0 Å². The molecule has 0 aliphatic carbocycles. The molecule has 4 heterocycles. The minimum atomic E-state index is -0.516. The highest BCUT2D eigenvalue weighted by Gasteiger charge is 2.41. The number of esters is 1. The number of nitrogens with zero attached hydrogens (tertiary/aromatic N) is 1. The molecule has 1 amide bonds. The number of nitrogens with one attached hydrogen (secondary N) is 2. The number of fused-ring (bicyclic) bond motifs is 4. The van der Waals surface area contributed by atoms with Crippen molar-refractivity contribution < 1.29 is 23.8 Å². The van der Waals surface area contributed by atoms with E-state index in [1.54, 1.807) is 4.90 Å². The molecule has 6 rings (SSSR count). The van der Waals surface area contributed by atoms with Crippen LogP contribution in [0.15, 0.2) is 42.5 Å². The molecule has 33 heavy (non-hydrogen) atoms. The number of H-pyrrole nitrogens is 1. The van der Waals surface area contributed by atoms with Crippen molar-refractivity contribution in [2.75, 3.05) is 20.4 Å². The molecular formula is C25H25N3O5. The molecule has 0 radical (unpaired) electrons. The van der Waals surface area contributed by atoms with E-state index in [1.165, 1.54) is 7.11 Å². The summed E-state index contributed by atoms with van der Waals surface area (Å²) in [7, 11) is 1.37. The summed E-state index contributed by atoms with van der Waals surface area (Å²) in [5.74, 6) is 1.00. The van der Waals surface area contributed by atoms with Gasteiger partial charge in [0.2, 0.25) is 12.7 Å². The van der Waals surface area contributed by atoms with Crippen LogP contribution >= 0.6 is 0 Å². The molecule has 0 saturated carbocycles. The number of likely N-dealkylation sites (tertiary alicyclic amines) is 1.